The van der Waals surface area contributed by atoms with Crippen molar-refractivity contribution in [2.45, 2.75) is 12.4 Å². The Labute approximate surface area is 120 Å². The van der Waals surface area contributed by atoms with Crippen LogP contribution in [0.3, 0.4) is 0 Å². The molecule has 0 heterocycles. The molecular formula is C15H12ClF2NO. The average molecular weight is 296 g/mol. The van der Waals surface area contributed by atoms with Crippen LogP contribution in [0, 0.1) is 11.6 Å². The second-order valence-corrected chi connectivity index (χ2v) is 4.52. The number of benzene rings is 2. The summed E-state index contributed by atoms with van der Waals surface area (Å²) in [4.78, 5) is 11.9. The second kappa shape index (κ2) is 6.48. The smallest absolute Gasteiger partial charge is 0.251 e. The number of nitrogens with one attached hydrogen (secondary N) is 1. The first-order valence-corrected chi connectivity index (χ1v) is 6.50. The third kappa shape index (κ3) is 3.54. The predicted octanol–water partition coefficient (Wildman–Crippen LogP) is 3.63. The minimum absolute atomic E-state index is 0.0759. The number of hydrogen-bond acceptors (Lipinski definition) is 1. The maximum Gasteiger partial charge on any atom is 0.251 e. The molecule has 2 rings (SSSR count). The van der Waals surface area contributed by atoms with E-state index in [1.165, 1.54) is 0 Å². The lowest BCUT2D eigenvalue weighted by atomic mass is 10.1. The number of carbonyl (C=O) groups is 1. The van der Waals surface area contributed by atoms with Gasteiger partial charge in [0.2, 0.25) is 0 Å². The molecule has 2 aromatic carbocycles. The molecular weight excluding hydrogens is 284 g/mol. The SMILES string of the molecule is O=C(NCc1cc(F)ccc1F)c1cccc(CCl)c1. The number of hydrogen-bond donors (Lipinski definition) is 1. The summed E-state index contributed by atoms with van der Waals surface area (Å²) in [5, 5.41) is 2.55. The minimum Gasteiger partial charge on any atom is -0.348 e. The van der Waals surface area contributed by atoms with Crippen LogP contribution in [0.4, 0.5) is 8.78 Å². The molecule has 2 nitrogen and oxygen atoms in total. The Balaban J connectivity index is 2.06. The molecule has 0 atom stereocenters. The molecule has 0 aliphatic rings. The van der Waals surface area contributed by atoms with Gasteiger partial charge in [-0.25, -0.2) is 8.78 Å². The van der Waals surface area contributed by atoms with Crippen molar-refractivity contribution in [3.05, 3.63) is 70.8 Å². The van der Waals surface area contributed by atoms with Crippen LogP contribution in [-0.2, 0) is 12.4 Å². The Kier molecular flexibility index (Phi) is 4.69. The van der Waals surface area contributed by atoms with Gasteiger partial charge in [0.25, 0.3) is 5.91 Å². The van der Waals surface area contributed by atoms with Crippen molar-refractivity contribution >= 4 is 17.5 Å². The first kappa shape index (κ1) is 14.5. The monoisotopic (exact) mass is 295 g/mol. The lowest BCUT2D eigenvalue weighted by Gasteiger charge is -2.07. The van der Waals surface area contributed by atoms with E-state index >= 15 is 0 Å². The molecule has 1 amide bonds. The van der Waals surface area contributed by atoms with Gasteiger partial charge >= 0.3 is 0 Å². The minimum atomic E-state index is -0.554. The maximum atomic E-state index is 13.4. The summed E-state index contributed by atoms with van der Waals surface area (Å²) in [5.41, 5.74) is 1.35. The molecule has 0 radical (unpaired) electrons. The van der Waals surface area contributed by atoms with E-state index in [9.17, 15) is 13.6 Å². The van der Waals surface area contributed by atoms with Crippen LogP contribution in [0.5, 0.6) is 0 Å². The molecule has 0 saturated carbocycles. The number of amides is 1. The van der Waals surface area contributed by atoms with Gasteiger partial charge in [-0.2, -0.15) is 0 Å². The van der Waals surface area contributed by atoms with Crippen molar-refractivity contribution in [1.29, 1.82) is 0 Å². The fourth-order valence-electron chi connectivity index (χ4n) is 1.75. The highest BCUT2D eigenvalue weighted by Crippen LogP contribution is 2.11. The van der Waals surface area contributed by atoms with Gasteiger partial charge in [-0.3, -0.25) is 4.79 Å². The zero-order chi connectivity index (χ0) is 14.5. The van der Waals surface area contributed by atoms with Crippen LogP contribution in [0.15, 0.2) is 42.5 Å². The van der Waals surface area contributed by atoms with Crippen molar-refractivity contribution in [1.82, 2.24) is 5.32 Å². The van der Waals surface area contributed by atoms with Crippen LogP contribution < -0.4 is 5.32 Å². The van der Waals surface area contributed by atoms with Crippen molar-refractivity contribution in [2.75, 3.05) is 0 Å². The number of carbonyl (C=O) groups excluding carboxylic acids is 1. The van der Waals surface area contributed by atoms with Gasteiger partial charge in [0.05, 0.1) is 0 Å². The molecule has 20 heavy (non-hydrogen) atoms. The van der Waals surface area contributed by atoms with E-state index in [0.29, 0.717) is 11.4 Å². The standard InChI is InChI=1S/C15H12ClF2NO/c16-8-10-2-1-3-11(6-10)15(20)19-9-12-7-13(17)4-5-14(12)18/h1-7H,8-9H2,(H,19,20). The van der Waals surface area contributed by atoms with Gasteiger partial charge in [-0.1, -0.05) is 12.1 Å². The number of halogens is 3. The van der Waals surface area contributed by atoms with Crippen molar-refractivity contribution in [3.63, 3.8) is 0 Å². The lowest BCUT2D eigenvalue weighted by Crippen LogP contribution is -2.23. The Hall–Kier alpha value is -1.94. The molecule has 1 N–H and O–H groups in total. The Morgan fingerprint density at radius 1 is 1.15 bits per heavy atom. The molecule has 0 unspecified atom stereocenters. The van der Waals surface area contributed by atoms with Gasteiger partial charge in [-0.15, -0.1) is 11.6 Å². The van der Waals surface area contributed by atoms with E-state index in [4.69, 9.17) is 11.6 Å². The molecule has 104 valence electrons. The highest BCUT2D eigenvalue weighted by molar-refractivity contribution is 6.17. The molecule has 2 aromatic rings. The fraction of sp³-hybridized carbons (Fsp3) is 0.133. The topological polar surface area (TPSA) is 29.1 Å². The summed E-state index contributed by atoms with van der Waals surface area (Å²) in [5.74, 6) is -1.15. The van der Waals surface area contributed by atoms with E-state index in [1.807, 2.05) is 0 Å². The van der Waals surface area contributed by atoms with Crippen LogP contribution in [0.25, 0.3) is 0 Å². The summed E-state index contributed by atoms with van der Waals surface area (Å²) in [6.07, 6.45) is 0. The summed E-state index contributed by atoms with van der Waals surface area (Å²) >= 11 is 5.69. The third-order valence-electron chi connectivity index (χ3n) is 2.79. The largest absolute Gasteiger partial charge is 0.348 e. The summed E-state index contributed by atoms with van der Waals surface area (Å²) in [7, 11) is 0. The van der Waals surface area contributed by atoms with E-state index < -0.39 is 11.6 Å². The normalized spacial score (nSPS) is 10.3. The molecule has 0 bridgehead atoms. The van der Waals surface area contributed by atoms with Gasteiger partial charge in [-0.05, 0) is 35.9 Å². The van der Waals surface area contributed by atoms with E-state index in [2.05, 4.69) is 5.32 Å². The molecule has 0 aromatic heterocycles. The second-order valence-electron chi connectivity index (χ2n) is 4.25. The van der Waals surface area contributed by atoms with E-state index in [0.717, 1.165) is 23.8 Å². The molecule has 5 heteroatoms. The van der Waals surface area contributed by atoms with E-state index in [-0.39, 0.29) is 18.0 Å². The van der Waals surface area contributed by atoms with Gasteiger partial charge in [0, 0.05) is 23.6 Å². The highest BCUT2D eigenvalue weighted by atomic mass is 35.5. The zero-order valence-corrected chi connectivity index (χ0v) is 11.3. The molecule has 0 aliphatic heterocycles. The van der Waals surface area contributed by atoms with Crippen LogP contribution in [-0.4, -0.2) is 5.91 Å². The van der Waals surface area contributed by atoms with Crippen molar-refractivity contribution in [3.8, 4) is 0 Å². The zero-order valence-electron chi connectivity index (χ0n) is 10.5. The summed E-state index contributed by atoms with van der Waals surface area (Å²) in [6, 6.07) is 9.93. The van der Waals surface area contributed by atoms with Crippen molar-refractivity contribution in [2.24, 2.45) is 0 Å². The van der Waals surface area contributed by atoms with Crippen LogP contribution >= 0.6 is 11.6 Å². The predicted molar refractivity (Wildman–Crippen MR) is 73.5 cm³/mol. The summed E-state index contributed by atoms with van der Waals surface area (Å²) in [6.45, 7) is -0.0759. The molecule has 0 aliphatic carbocycles. The Morgan fingerprint density at radius 2 is 1.95 bits per heavy atom. The van der Waals surface area contributed by atoms with E-state index in [1.54, 1.807) is 24.3 Å². The highest BCUT2D eigenvalue weighted by Gasteiger charge is 2.08. The first-order chi connectivity index (χ1) is 9.60. The molecule has 0 fully saturated rings. The van der Waals surface area contributed by atoms with Crippen molar-refractivity contribution < 1.29 is 13.6 Å². The van der Waals surface area contributed by atoms with Crippen LogP contribution in [0.1, 0.15) is 21.5 Å². The third-order valence-corrected chi connectivity index (χ3v) is 3.10. The number of alkyl halides is 1. The van der Waals surface area contributed by atoms with Crippen LogP contribution in [0.2, 0.25) is 0 Å². The average Bonchev–Trinajstić information content (AvgIpc) is 2.48. The Morgan fingerprint density at radius 3 is 2.70 bits per heavy atom. The fourth-order valence-corrected chi connectivity index (χ4v) is 1.92. The first-order valence-electron chi connectivity index (χ1n) is 5.97. The maximum absolute atomic E-state index is 13.4. The quantitative estimate of drug-likeness (QED) is 0.857. The van der Waals surface area contributed by atoms with Gasteiger partial charge < -0.3 is 5.32 Å². The van der Waals surface area contributed by atoms with Gasteiger partial charge in [0.15, 0.2) is 0 Å². The Bertz CT molecular complexity index is 631. The molecule has 0 spiro atoms. The summed E-state index contributed by atoms with van der Waals surface area (Å²) < 4.78 is 26.4. The lowest BCUT2D eigenvalue weighted by molar-refractivity contribution is 0.0950. The van der Waals surface area contributed by atoms with Gasteiger partial charge in [0.1, 0.15) is 11.6 Å². The number of rotatable bonds is 4. The molecule has 0 saturated heterocycles.